The Bertz CT molecular complexity index is 218. The highest BCUT2D eigenvalue weighted by Crippen LogP contribution is 2.16. The highest BCUT2D eigenvalue weighted by Gasteiger charge is 2.02. The lowest BCUT2D eigenvalue weighted by Crippen LogP contribution is -2.01. The average Bonchev–Trinajstić information content (AvgIpc) is 2.52. The van der Waals surface area contributed by atoms with Gasteiger partial charge in [-0.2, -0.15) is 0 Å². The lowest BCUT2D eigenvalue weighted by molar-refractivity contribution is 0.222. The molecule has 1 nitrogen and oxygen atoms in total. The monoisotopic (exact) mass is 148 g/mol. The average molecular weight is 148 g/mol. The number of hydrogen-bond acceptors (Lipinski definition) is 1. The molecule has 0 saturated heterocycles. The van der Waals surface area contributed by atoms with Crippen LogP contribution < -0.4 is 0 Å². The number of hydrogen-bond donors (Lipinski definition) is 1. The van der Waals surface area contributed by atoms with Gasteiger partial charge in [-0.05, 0) is 19.3 Å². The number of allylic oxidation sites excluding steroid dienone is 4. The van der Waals surface area contributed by atoms with Crippen molar-refractivity contribution in [3.05, 3.63) is 23.8 Å². The molecule has 0 aliphatic heterocycles. The molecule has 0 aromatic heterocycles. The van der Waals surface area contributed by atoms with Gasteiger partial charge in [0.25, 0.3) is 0 Å². The van der Waals surface area contributed by atoms with Crippen LogP contribution in [0.3, 0.4) is 0 Å². The van der Waals surface area contributed by atoms with Gasteiger partial charge in [0, 0.05) is 0 Å². The van der Waals surface area contributed by atoms with Crippen LogP contribution in [0.5, 0.6) is 0 Å². The summed E-state index contributed by atoms with van der Waals surface area (Å²) in [6.45, 7) is 0. The van der Waals surface area contributed by atoms with E-state index in [1.807, 2.05) is 6.08 Å². The largest absolute Gasteiger partial charge is 0.380 e. The van der Waals surface area contributed by atoms with Gasteiger partial charge in [0.15, 0.2) is 0 Å². The van der Waals surface area contributed by atoms with Crippen molar-refractivity contribution in [2.75, 3.05) is 0 Å². The number of terminal acetylenes is 1. The smallest absolute Gasteiger partial charge is 0.114 e. The molecular weight excluding hydrogens is 136 g/mol. The molecule has 1 heteroatoms. The van der Waals surface area contributed by atoms with Crippen LogP contribution in [0, 0.1) is 12.3 Å². The van der Waals surface area contributed by atoms with Gasteiger partial charge in [-0.15, -0.1) is 6.42 Å². The van der Waals surface area contributed by atoms with E-state index in [0.717, 1.165) is 12.8 Å². The van der Waals surface area contributed by atoms with E-state index < -0.39 is 6.10 Å². The minimum Gasteiger partial charge on any atom is -0.380 e. The molecule has 1 aliphatic rings. The first kappa shape index (κ1) is 8.10. The Morgan fingerprint density at radius 2 is 2.55 bits per heavy atom. The number of rotatable bonds is 3. The molecular formula is C10H12O. The van der Waals surface area contributed by atoms with Crippen LogP contribution in [0.1, 0.15) is 19.3 Å². The molecule has 0 radical (unpaired) electrons. The lowest BCUT2D eigenvalue weighted by Gasteiger charge is -2.02. The van der Waals surface area contributed by atoms with Crippen LogP contribution in [-0.4, -0.2) is 11.2 Å². The van der Waals surface area contributed by atoms with Crippen molar-refractivity contribution in [1.29, 1.82) is 0 Å². The van der Waals surface area contributed by atoms with Gasteiger partial charge < -0.3 is 5.11 Å². The first-order chi connectivity index (χ1) is 5.33. The van der Waals surface area contributed by atoms with Gasteiger partial charge in [-0.1, -0.05) is 29.7 Å². The van der Waals surface area contributed by atoms with E-state index in [1.54, 1.807) is 0 Å². The van der Waals surface area contributed by atoms with Crippen LogP contribution >= 0.6 is 0 Å². The van der Waals surface area contributed by atoms with Crippen molar-refractivity contribution < 1.29 is 5.11 Å². The molecule has 58 valence electrons. The fourth-order valence-corrected chi connectivity index (χ4v) is 1.08. The summed E-state index contributed by atoms with van der Waals surface area (Å²) < 4.78 is 0. The van der Waals surface area contributed by atoms with Gasteiger partial charge in [-0.3, -0.25) is 0 Å². The van der Waals surface area contributed by atoms with E-state index >= 15 is 0 Å². The van der Waals surface area contributed by atoms with Crippen LogP contribution in [0.2, 0.25) is 0 Å². The van der Waals surface area contributed by atoms with E-state index in [2.05, 4.69) is 18.1 Å². The van der Waals surface area contributed by atoms with E-state index in [4.69, 9.17) is 11.5 Å². The molecule has 1 aliphatic carbocycles. The van der Waals surface area contributed by atoms with Gasteiger partial charge in [0.2, 0.25) is 0 Å². The Balaban J connectivity index is 2.19. The summed E-state index contributed by atoms with van der Waals surface area (Å²) in [7, 11) is 0. The van der Waals surface area contributed by atoms with Crippen molar-refractivity contribution in [2.45, 2.75) is 25.4 Å². The topological polar surface area (TPSA) is 20.2 Å². The van der Waals surface area contributed by atoms with Crippen molar-refractivity contribution in [2.24, 2.45) is 0 Å². The number of aliphatic hydroxyl groups is 1. The fraction of sp³-hybridized carbons (Fsp3) is 0.400. The predicted octanol–water partition coefficient (Wildman–Crippen LogP) is 1.65. The lowest BCUT2D eigenvalue weighted by atomic mass is 10.1. The SMILES string of the molecule is C#CC(O)CCC1=CC=CC1. The molecule has 0 fully saturated rings. The Morgan fingerprint density at radius 1 is 1.73 bits per heavy atom. The predicted molar refractivity (Wildman–Crippen MR) is 45.9 cm³/mol. The van der Waals surface area contributed by atoms with Crippen molar-refractivity contribution in [3.63, 3.8) is 0 Å². The highest BCUT2D eigenvalue weighted by molar-refractivity contribution is 5.23. The zero-order valence-electron chi connectivity index (χ0n) is 6.46. The van der Waals surface area contributed by atoms with E-state index in [9.17, 15) is 0 Å². The van der Waals surface area contributed by atoms with Crippen LogP contribution in [-0.2, 0) is 0 Å². The van der Waals surface area contributed by atoms with Gasteiger partial charge in [0.05, 0.1) is 0 Å². The summed E-state index contributed by atoms with van der Waals surface area (Å²) >= 11 is 0. The summed E-state index contributed by atoms with van der Waals surface area (Å²) in [4.78, 5) is 0. The van der Waals surface area contributed by atoms with Gasteiger partial charge >= 0.3 is 0 Å². The zero-order valence-corrected chi connectivity index (χ0v) is 6.46. The Morgan fingerprint density at radius 3 is 3.09 bits per heavy atom. The minimum absolute atomic E-state index is 0.573. The second-order valence-electron chi connectivity index (χ2n) is 2.68. The summed E-state index contributed by atoms with van der Waals surface area (Å²) in [6.07, 6.45) is 13.3. The quantitative estimate of drug-likeness (QED) is 0.603. The molecule has 1 unspecified atom stereocenters. The molecule has 0 amide bonds. The number of aliphatic hydroxyl groups excluding tert-OH is 1. The normalized spacial score (nSPS) is 17.6. The fourth-order valence-electron chi connectivity index (χ4n) is 1.08. The molecule has 0 heterocycles. The van der Waals surface area contributed by atoms with Gasteiger partial charge in [0.1, 0.15) is 6.10 Å². The maximum atomic E-state index is 9.03. The van der Waals surface area contributed by atoms with Crippen molar-refractivity contribution in [1.82, 2.24) is 0 Å². The minimum atomic E-state index is -0.573. The molecule has 0 bridgehead atoms. The Labute approximate surface area is 67.4 Å². The third-order valence-electron chi connectivity index (χ3n) is 1.78. The standard InChI is InChI=1S/C10H12O/c1-2-10(11)8-7-9-5-3-4-6-9/h1,3-5,10-11H,6-8H2. The molecule has 0 saturated carbocycles. The second-order valence-corrected chi connectivity index (χ2v) is 2.68. The molecule has 11 heavy (non-hydrogen) atoms. The summed E-state index contributed by atoms with van der Waals surface area (Å²) in [5.74, 6) is 2.30. The summed E-state index contributed by atoms with van der Waals surface area (Å²) in [5, 5.41) is 9.03. The summed E-state index contributed by atoms with van der Waals surface area (Å²) in [6, 6.07) is 0. The van der Waals surface area contributed by atoms with Crippen LogP contribution in [0.25, 0.3) is 0 Å². The molecule has 0 aromatic rings. The third-order valence-corrected chi connectivity index (χ3v) is 1.78. The second kappa shape index (κ2) is 4.00. The molecule has 0 spiro atoms. The molecule has 1 rings (SSSR count). The summed E-state index contributed by atoms with van der Waals surface area (Å²) in [5.41, 5.74) is 1.36. The Kier molecular flexibility index (Phi) is 2.95. The Hall–Kier alpha value is -1.00. The third kappa shape index (κ3) is 2.61. The maximum absolute atomic E-state index is 9.03. The maximum Gasteiger partial charge on any atom is 0.114 e. The molecule has 1 N–H and O–H groups in total. The van der Waals surface area contributed by atoms with E-state index in [-0.39, 0.29) is 0 Å². The van der Waals surface area contributed by atoms with Gasteiger partial charge in [-0.25, -0.2) is 0 Å². The first-order valence-corrected chi connectivity index (χ1v) is 3.81. The first-order valence-electron chi connectivity index (χ1n) is 3.81. The van der Waals surface area contributed by atoms with E-state index in [1.165, 1.54) is 5.57 Å². The van der Waals surface area contributed by atoms with Crippen molar-refractivity contribution >= 4 is 0 Å². The molecule has 0 aromatic carbocycles. The zero-order chi connectivity index (χ0) is 8.10. The van der Waals surface area contributed by atoms with Crippen LogP contribution in [0.4, 0.5) is 0 Å². The van der Waals surface area contributed by atoms with Crippen molar-refractivity contribution in [3.8, 4) is 12.3 Å². The van der Waals surface area contributed by atoms with Crippen LogP contribution in [0.15, 0.2) is 23.8 Å². The molecule has 1 atom stereocenters. The van der Waals surface area contributed by atoms with E-state index in [0.29, 0.717) is 6.42 Å². The highest BCUT2D eigenvalue weighted by atomic mass is 16.3.